The number of halogens is 3. The van der Waals surface area contributed by atoms with E-state index in [1.54, 1.807) is 78.9 Å². The van der Waals surface area contributed by atoms with E-state index in [0.717, 1.165) is 5.56 Å². The summed E-state index contributed by atoms with van der Waals surface area (Å²) < 4.78 is 37.4. The maximum Gasteiger partial charge on any atom is 0.339 e. The zero-order valence-corrected chi connectivity index (χ0v) is 27.3. The fourth-order valence-corrected chi connectivity index (χ4v) is 7.01. The number of aliphatic imine (C=N–C) groups is 1. The predicted octanol–water partition coefficient (Wildman–Crippen LogP) is 8.49. The van der Waals surface area contributed by atoms with E-state index < -0.39 is 10.1 Å². The molecule has 0 saturated carbocycles. The van der Waals surface area contributed by atoms with Crippen molar-refractivity contribution in [3.8, 4) is 11.5 Å². The van der Waals surface area contributed by atoms with Gasteiger partial charge in [-0.1, -0.05) is 40.9 Å². The second kappa shape index (κ2) is 12.7. The second-order valence-electron chi connectivity index (χ2n) is 8.98. The number of carbonyl (C=O) groups excluding carboxylic acids is 1. The van der Waals surface area contributed by atoms with Crippen LogP contribution in [0.15, 0.2) is 99.7 Å². The van der Waals surface area contributed by atoms with Crippen LogP contribution >= 0.6 is 57.6 Å². The van der Waals surface area contributed by atoms with Gasteiger partial charge in [0.25, 0.3) is 5.91 Å². The van der Waals surface area contributed by atoms with Gasteiger partial charge in [0.05, 0.1) is 27.0 Å². The molecule has 0 spiro atoms. The van der Waals surface area contributed by atoms with Crippen molar-refractivity contribution in [3.63, 3.8) is 0 Å². The minimum atomic E-state index is -4.11. The number of hydrogen-bond acceptors (Lipinski definition) is 7. The summed E-state index contributed by atoms with van der Waals surface area (Å²) in [5, 5.41) is 1.56. The summed E-state index contributed by atoms with van der Waals surface area (Å²) in [6.07, 6.45) is 1.70. The third-order valence-corrected chi connectivity index (χ3v) is 9.50. The Labute approximate surface area is 271 Å². The molecular weight excluding hydrogens is 730 g/mol. The Morgan fingerprint density at radius 1 is 0.929 bits per heavy atom. The number of nitrogens with zero attached hydrogens (tertiary/aromatic N) is 2. The normalized spacial score (nSPS) is 15.5. The van der Waals surface area contributed by atoms with E-state index in [2.05, 4.69) is 0 Å². The zero-order chi connectivity index (χ0) is 30.0. The summed E-state index contributed by atoms with van der Waals surface area (Å²) in [4.78, 5) is 20.3. The second-order valence-corrected chi connectivity index (χ2v) is 13.6. The Morgan fingerprint density at radius 3 is 2.17 bits per heavy atom. The summed E-state index contributed by atoms with van der Waals surface area (Å²) in [6, 6.07) is 23.6. The largest absolute Gasteiger partial charge is 0.493 e. The minimum absolute atomic E-state index is 0.0277. The van der Waals surface area contributed by atoms with Gasteiger partial charge in [0.2, 0.25) is 0 Å². The van der Waals surface area contributed by atoms with Crippen LogP contribution in [0.5, 0.6) is 11.5 Å². The number of anilines is 1. The molecule has 1 aliphatic rings. The van der Waals surface area contributed by atoms with Crippen LogP contribution in [0.4, 0.5) is 11.4 Å². The van der Waals surface area contributed by atoms with Gasteiger partial charge in [0, 0.05) is 10.0 Å². The van der Waals surface area contributed by atoms with Crippen LogP contribution in [0, 0.1) is 10.5 Å². The minimum Gasteiger partial charge on any atom is -0.493 e. The molecule has 1 amide bonds. The van der Waals surface area contributed by atoms with E-state index in [1.165, 1.54) is 35.9 Å². The summed E-state index contributed by atoms with van der Waals surface area (Å²) in [7, 11) is -2.69. The Morgan fingerprint density at radius 2 is 1.55 bits per heavy atom. The van der Waals surface area contributed by atoms with Crippen molar-refractivity contribution < 1.29 is 22.1 Å². The fourth-order valence-electron chi connectivity index (χ4n) is 3.91. The van der Waals surface area contributed by atoms with Gasteiger partial charge in [-0.2, -0.15) is 8.42 Å². The molecule has 0 N–H and O–H groups in total. The van der Waals surface area contributed by atoms with E-state index in [-0.39, 0.29) is 22.3 Å². The van der Waals surface area contributed by atoms with Crippen molar-refractivity contribution in [2.24, 2.45) is 4.99 Å². The summed E-state index contributed by atoms with van der Waals surface area (Å²) in [5.74, 6) is -0.0326. The Hall–Kier alpha value is -3.03. The van der Waals surface area contributed by atoms with E-state index >= 15 is 0 Å². The highest BCUT2D eigenvalue weighted by Gasteiger charge is 2.35. The lowest BCUT2D eigenvalue weighted by atomic mass is 10.2. The Bertz CT molecular complexity index is 1830. The van der Waals surface area contributed by atoms with Crippen molar-refractivity contribution in [3.05, 3.63) is 115 Å². The maximum absolute atomic E-state index is 13.7. The van der Waals surface area contributed by atoms with Crippen molar-refractivity contribution in [2.45, 2.75) is 11.8 Å². The highest BCUT2D eigenvalue weighted by molar-refractivity contribution is 14.1. The Balaban J connectivity index is 1.51. The average Bonchev–Trinajstić information content (AvgIpc) is 3.25. The number of rotatable bonds is 7. The predicted molar refractivity (Wildman–Crippen MR) is 178 cm³/mol. The molecule has 1 aliphatic heterocycles. The number of thioether (sulfide) groups is 1. The average molecular weight is 751 g/mol. The van der Waals surface area contributed by atoms with E-state index in [4.69, 9.17) is 37.1 Å². The molecule has 0 aromatic heterocycles. The van der Waals surface area contributed by atoms with Gasteiger partial charge < -0.3 is 8.92 Å². The van der Waals surface area contributed by atoms with Gasteiger partial charge in [0.15, 0.2) is 16.7 Å². The van der Waals surface area contributed by atoms with Crippen LogP contribution in [0.2, 0.25) is 10.0 Å². The molecule has 1 fully saturated rings. The zero-order valence-electron chi connectivity index (χ0n) is 22.0. The molecule has 4 aromatic rings. The molecule has 1 heterocycles. The molecule has 5 rings (SSSR count). The van der Waals surface area contributed by atoms with Crippen molar-refractivity contribution in [1.29, 1.82) is 0 Å². The number of methoxy groups -OCH3 is 1. The van der Waals surface area contributed by atoms with Crippen molar-refractivity contribution >= 4 is 96.2 Å². The topological polar surface area (TPSA) is 85.3 Å². The van der Waals surface area contributed by atoms with Gasteiger partial charge >= 0.3 is 10.1 Å². The van der Waals surface area contributed by atoms with Gasteiger partial charge in [-0.15, -0.1) is 0 Å². The van der Waals surface area contributed by atoms with Crippen LogP contribution in [0.25, 0.3) is 6.08 Å². The first-order chi connectivity index (χ1) is 20.0. The van der Waals surface area contributed by atoms with Gasteiger partial charge in [-0.05, 0) is 126 Å². The molecular formula is C30H21Cl2IN2O5S2. The molecule has 42 heavy (non-hydrogen) atoms. The number of carbonyl (C=O) groups is 1. The smallest absolute Gasteiger partial charge is 0.339 e. The maximum atomic E-state index is 13.7. The quantitative estimate of drug-likeness (QED) is 0.107. The molecule has 4 aromatic carbocycles. The molecule has 214 valence electrons. The molecule has 12 heteroatoms. The standard InChI is InChI=1S/C30H21Cl2IN2O5S2/c1-18-3-13-24(14-4-18)42(37,38)40-28-25(33)15-19(16-26(28)39-2)17-27-29(36)35(23-11-7-21(32)8-12-23)30(41-27)34-22-9-5-20(31)6-10-22/h3-17H,1-2H3/b27-17-,34-30?. The number of aryl methyl sites for hydroxylation is 1. The SMILES string of the molecule is COc1cc(/C=C2\SC(=Nc3ccc(Cl)cc3)N(c3ccc(Cl)cc3)C2=O)cc(I)c1OS(=O)(=O)c1ccc(C)cc1. The van der Waals surface area contributed by atoms with Crippen LogP contribution in [-0.2, 0) is 14.9 Å². The third-order valence-electron chi connectivity index (χ3n) is 5.99. The molecule has 0 bridgehead atoms. The first kappa shape index (κ1) is 30.4. The number of amides is 1. The Kier molecular flexibility index (Phi) is 9.19. The highest BCUT2D eigenvalue weighted by Crippen LogP contribution is 2.40. The van der Waals surface area contributed by atoms with Crippen LogP contribution in [0.1, 0.15) is 11.1 Å². The van der Waals surface area contributed by atoms with E-state index in [0.29, 0.717) is 40.6 Å². The molecule has 0 radical (unpaired) electrons. The van der Waals surface area contributed by atoms with Crippen LogP contribution in [0.3, 0.4) is 0 Å². The lowest BCUT2D eigenvalue weighted by Crippen LogP contribution is -2.28. The lowest BCUT2D eigenvalue weighted by Gasteiger charge is -2.15. The molecule has 0 unspecified atom stereocenters. The number of amidine groups is 1. The molecule has 0 aliphatic carbocycles. The summed E-state index contributed by atoms with van der Waals surface area (Å²) in [6.45, 7) is 1.87. The first-order valence-corrected chi connectivity index (χ1v) is 16.3. The number of ether oxygens (including phenoxy) is 1. The molecule has 0 atom stereocenters. The number of benzene rings is 4. The monoisotopic (exact) mass is 750 g/mol. The van der Waals surface area contributed by atoms with Crippen molar-refractivity contribution in [1.82, 2.24) is 0 Å². The molecule has 1 saturated heterocycles. The van der Waals surface area contributed by atoms with Crippen LogP contribution in [-0.4, -0.2) is 26.6 Å². The van der Waals surface area contributed by atoms with E-state index in [1.807, 2.05) is 29.5 Å². The third kappa shape index (κ3) is 6.78. The lowest BCUT2D eigenvalue weighted by molar-refractivity contribution is -0.113. The van der Waals surface area contributed by atoms with Gasteiger partial charge in [0.1, 0.15) is 4.90 Å². The molecule has 7 nitrogen and oxygen atoms in total. The van der Waals surface area contributed by atoms with Gasteiger partial charge in [-0.3, -0.25) is 9.69 Å². The van der Waals surface area contributed by atoms with Crippen molar-refractivity contribution in [2.75, 3.05) is 12.0 Å². The summed E-state index contributed by atoms with van der Waals surface area (Å²) >= 11 is 15.3. The first-order valence-electron chi connectivity index (χ1n) is 12.3. The highest BCUT2D eigenvalue weighted by atomic mass is 127. The van der Waals surface area contributed by atoms with Crippen LogP contribution < -0.4 is 13.8 Å². The number of hydrogen-bond donors (Lipinski definition) is 0. The summed E-state index contributed by atoms with van der Waals surface area (Å²) in [5.41, 5.74) is 2.76. The van der Waals surface area contributed by atoms with E-state index in [9.17, 15) is 13.2 Å². The fraction of sp³-hybridized carbons (Fsp3) is 0.0667. The van der Waals surface area contributed by atoms with Gasteiger partial charge in [-0.25, -0.2) is 4.99 Å².